The van der Waals surface area contributed by atoms with E-state index in [0.717, 1.165) is 0 Å². The molecule has 0 aromatic carbocycles. The van der Waals surface area contributed by atoms with Crippen LogP contribution in [-0.4, -0.2) is 63.3 Å². The molecule has 0 aliphatic heterocycles. The molecule has 0 unspecified atom stereocenters. The highest BCUT2D eigenvalue weighted by atomic mass is 16.5. The fourth-order valence-corrected chi connectivity index (χ4v) is 0.872. The number of aliphatic carboxylic acids is 1. The van der Waals surface area contributed by atoms with E-state index < -0.39 is 12.0 Å². The minimum Gasteiger partial charge on any atom is -0.480 e. The van der Waals surface area contributed by atoms with E-state index in [1.54, 1.807) is 0 Å². The highest BCUT2D eigenvalue weighted by Crippen LogP contribution is 1.85. The molecule has 0 saturated heterocycles. The highest BCUT2D eigenvalue weighted by Gasteiger charge is 2.10. The van der Waals surface area contributed by atoms with E-state index in [4.69, 9.17) is 30.6 Å². The van der Waals surface area contributed by atoms with Gasteiger partial charge in [0.15, 0.2) is 0 Å². The van der Waals surface area contributed by atoms with Gasteiger partial charge in [-0.25, -0.2) is 0 Å². The molecule has 0 aliphatic rings. The Morgan fingerprint density at radius 1 is 1.22 bits per heavy atom. The molecule has 0 aromatic heterocycles. The number of carboxylic acid groups (broad SMARTS) is 1. The summed E-state index contributed by atoms with van der Waals surface area (Å²) in [5.41, 5.74) is 13.2. The zero-order valence-corrected chi connectivity index (χ0v) is 10.0. The van der Waals surface area contributed by atoms with Gasteiger partial charge in [0.25, 0.3) is 0 Å². The molecule has 1 atom stereocenters. The van der Waals surface area contributed by atoms with Crippen LogP contribution in [0.1, 0.15) is 0 Å². The minimum atomic E-state index is -1.09. The van der Waals surface area contributed by atoms with E-state index in [-0.39, 0.29) is 13.2 Å². The molecule has 0 amide bonds. The third-order valence-electron chi connectivity index (χ3n) is 1.76. The lowest BCUT2D eigenvalue weighted by Gasteiger charge is -2.08. The normalized spacial score (nSPS) is 11.8. The predicted molar refractivity (Wildman–Crippen MR) is 62.1 cm³/mol. The van der Waals surface area contributed by atoms with Crippen molar-refractivity contribution in [1.29, 1.82) is 0 Å². The summed E-state index contributed by atoms with van der Waals surface area (Å²) in [6.07, 6.45) is 0. The number of hydrogen-bond acceptors (Lipinski definition) is 6. The Bertz CT molecular complexity index is 270. The molecule has 0 saturated carbocycles. The van der Waals surface area contributed by atoms with Gasteiger partial charge < -0.3 is 25.1 Å². The molecule has 0 bridgehead atoms. The van der Waals surface area contributed by atoms with Crippen LogP contribution in [-0.2, 0) is 19.0 Å². The molecule has 0 heterocycles. The van der Waals surface area contributed by atoms with Gasteiger partial charge in [0, 0.05) is 11.5 Å². The summed E-state index contributed by atoms with van der Waals surface area (Å²) in [4.78, 5) is 12.9. The standard InChI is InChI=1S/C9H18N4O5/c10-8(9(14)15)7-18-6-5-17-4-3-16-2-1-12-13-11/h8H,1-7,10H2,(H,14,15)/t8-/m1/s1. The number of nitrogens with zero attached hydrogens (tertiary/aromatic N) is 3. The molecule has 0 fully saturated rings. The second kappa shape index (κ2) is 12.1. The number of carbonyl (C=O) groups is 1. The summed E-state index contributed by atoms with van der Waals surface area (Å²) in [5, 5.41) is 11.8. The van der Waals surface area contributed by atoms with Crippen molar-refractivity contribution >= 4 is 5.97 Å². The van der Waals surface area contributed by atoms with Crippen molar-refractivity contribution < 1.29 is 24.1 Å². The monoisotopic (exact) mass is 262 g/mol. The summed E-state index contributed by atoms with van der Waals surface area (Å²) in [7, 11) is 0. The van der Waals surface area contributed by atoms with Crippen molar-refractivity contribution in [3.8, 4) is 0 Å². The number of azide groups is 1. The lowest BCUT2D eigenvalue weighted by Crippen LogP contribution is -2.35. The van der Waals surface area contributed by atoms with Crippen LogP contribution >= 0.6 is 0 Å². The number of hydrogen-bond donors (Lipinski definition) is 2. The van der Waals surface area contributed by atoms with E-state index in [1.807, 2.05) is 0 Å². The molecule has 0 aliphatic carbocycles. The van der Waals surface area contributed by atoms with Crippen LogP contribution in [0.5, 0.6) is 0 Å². The summed E-state index contributed by atoms with van der Waals surface area (Å²) in [5.74, 6) is -1.09. The number of ether oxygens (including phenoxy) is 3. The molecular weight excluding hydrogens is 244 g/mol. The Hall–Kier alpha value is -1.38. The molecule has 0 rings (SSSR count). The number of rotatable bonds is 12. The van der Waals surface area contributed by atoms with Crippen LogP contribution in [0.4, 0.5) is 0 Å². The van der Waals surface area contributed by atoms with Gasteiger partial charge >= 0.3 is 5.97 Å². The third kappa shape index (κ3) is 11.1. The van der Waals surface area contributed by atoms with E-state index in [1.165, 1.54) is 0 Å². The first-order valence-corrected chi connectivity index (χ1v) is 5.41. The topological polar surface area (TPSA) is 140 Å². The lowest BCUT2D eigenvalue weighted by atomic mass is 10.3. The Morgan fingerprint density at radius 2 is 1.78 bits per heavy atom. The van der Waals surface area contributed by atoms with Crippen LogP contribution in [0.25, 0.3) is 10.4 Å². The van der Waals surface area contributed by atoms with Gasteiger partial charge in [0.05, 0.1) is 39.6 Å². The van der Waals surface area contributed by atoms with Crippen LogP contribution in [0.3, 0.4) is 0 Å². The summed E-state index contributed by atoms with van der Waals surface area (Å²) in [6.45, 7) is 2.03. The van der Waals surface area contributed by atoms with Crippen molar-refractivity contribution in [1.82, 2.24) is 0 Å². The Balaban J connectivity index is 3.12. The van der Waals surface area contributed by atoms with Gasteiger partial charge in [0.1, 0.15) is 6.04 Å². The summed E-state index contributed by atoms with van der Waals surface area (Å²) in [6, 6.07) is -1.01. The van der Waals surface area contributed by atoms with Crippen molar-refractivity contribution in [2.45, 2.75) is 6.04 Å². The van der Waals surface area contributed by atoms with E-state index in [0.29, 0.717) is 33.0 Å². The van der Waals surface area contributed by atoms with Crippen molar-refractivity contribution in [2.75, 3.05) is 46.2 Å². The van der Waals surface area contributed by atoms with Crippen molar-refractivity contribution in [3.05, 3.63) is 10.4 Å². The lowest BCUT2D eigenvalue weighted by molar-refractivity contribution is -0.140. The predicted octanol–water partition coefficient (Wildman–Crippen LogP) is -0.242. The first kappa shape index (κ1) is 16.6. The third-order valence-corrected chi connectivity index (χ3v) is 1.76. The molecule has 0 spiro atoms. The van der Waals surface area contributed by atoms with Gasteiger partial charge in [-0.2, -0.15) is 0 Å². The Kier molecular flexibility index (Phi) is 11.2. The molecule has 9 nitrogen and oxygen atoms in total. The molecule has 0 aromatic rings. The maximum Gasteiger partial charge on any atom is 0.322 e. The second-order valence-electron chi connectivity index (χ2n) is 3.20. The van der Waals surface area contributed by atoms with Gasteiger partial charge in [-0.1, -0.05) is 5.11 Å². The van der Waals surface area contributed by atoms with Crippen LogP contribution in [0, 0.1) is 0 Å². The van der Waals surface area contributed by atoms with Gasteiger partial charge in [-0.05, 0) is 5.53 Å². The van der Waals surface area contributed by atoms with Crippen molar-refractivity contribution in [3.63, 3.8) is 0 Å². The molecule has 104 valence electrons. The van der Waals surface area contributed by atoms with Crippen LogP contribution in [0.15, 0.2) is 5.11 Å². The molecule has 3 N–H and O–H groups in total. The first-order valence-electron chi connectivity index (χ1n) is 5.41. The number of nitrogens with two attached hydrogens (primary N) is 1. The fourth-order valence-electron chi connectivity index (χ4n) is 0.872. The summed E-state index contributed by atoms with van der Waals surface area (Å²) >= 11 is 0. The highest BCUT2D eigenvalue weighted by molar-refractivity contribution is 5.73. The Morgan fingerprint density at radius 3 is 2.33 bits per heavy atom. The van der Waals surface area contributed by atoms with Gasteiger partial charge in [0.2, 0.25) is 0 Å². The molecule has 18 heavy (non-hydrogen) atoms. The second-order valence-corrected chi connectivity index (χ2v) is 3.20. The zero-order chi connectivity index (χ0) is 13.6. The SMILES string of the molecule is [N-]=[N+]=NCCOCCOCCOC[C@@H](N)C(=O)O. The van der Waals surface area contributed by atoms with Crippen LogP contribution in [0.2, 0.25) is 0 Å². The van der Waals surface area contributed by atoms with E-state index in [9.17, 15) is 4.79 Å². The smallest absolute Gasteiger partial charge is 0.322 e. The van der Waals surface area contributed by atoms with Gasteiger partial charge in [-0.15, -0.1) is 0 Å². The average Bonchev–Trinajstić information content (AvgIpc) is 2.35. The first-order chi connectivity index (χ1) is 8.68. The number of carboxylic acids is 1. The zero-order valence-electron chi connectivity index (χ0n) is 10.0. The molecule has 9 heteroatoms. The minimum absolute atomic E-state index is 0.0403. The molecule has 0 radical (unpaired) electrons. The van der Waals surface area contributed by atoms with Gasteiger partial charge in [-0.3, -0.25) is 4.79 Å². The fraction of sp³-hybridized carbons (Fsp3) is 0.889. The quantitative estimate of drug-likeness (QED) is 0.215. The van der Waals surface area contributed by atoms with E-state index >= 15 is 0 Å². The van der Waals surface area contributed by atoms with Crippen LogP contribution < -0.4 is 5.73 Å². The Labute approximate surface area is 104 Å². The summed E-state index contributed by atoms with van der Waals surface area (Å²) < 4.78 is 15.2. The largest absolute Gasteiger partial charge is 0.480 e. The van der Waals surface area contributed by atoms with Crippen molar-refractivity contribution in [2.24, 2.45) is 10.8 Å². The maximum absolute atomic E-state index is 10.3. The maximum atomic E-state index is 10.3. The molecular formula is C9H18N4O5. The van der Waals surface area contributed by atoms with E-state index in [2.05, 4.69) is 10.0 Å². The average molecular weight is 262 g/mol.